The smallest absolute Gasteiger partial charge is 0.261 e. The van der Waals surface area contributed by atoms with Gasteiger partial charge in [-0.3, -0.25) is 4.79 Å². The summed E-state index contributed by atoms with van der Waals surface area (Å²) in [7, 11) is 2.13. The molecular formula is C26H29N9OS. The van der Waals surface area contributed by atoms with Crippen molar-refractivity contribution in [3.63, 3.8) is 0 Å². The minimum atomic E-state index is -0.219. The fraction of sp³-hybridized carbons (Fsp3) is 0.346. The van der Waals surface area contributed by atoms with E-state index in [0.29, 0.717) is 22.9 Å². The zero-order valence-electron chi connectivity index (χ0n) is 21.0. The second kappa shape index (κ2) is 9.56. The van der Waals surface area contributed by atoms with Gasteiger partial charge in [0.15, 0.2) is 11.5 Å². The van der Waals surface area contributed by atoms with E-state index in [4.69, 9.17) is 9.97 Å². The van der Waals surface area contributed by atoms with E-state index in [1.807, 2.05) is 23.6 Å². The predicted molar refractivity (Wildman–Crippen MR) is 148 cm³/mol. The molecule has 0 bridgehead atoms. The topological polar surface area (TPSA) is 119 Å². The lowest BCUT2D eigenvalue weighted by atomic mass is 10.0. The van der Waals surface area contributed by atoms with Crippen LogP contribution in [0.2, 0.25) is 0 Å². The van der Waals surface area contributed by atoms with E-state index in [0.717, 1.165) is 53.4 Å². The van der Waals surface area contributed by atoms with Crippen molar-refractivity contribution < 1.29 is 0 Å². The number of aromatic amines is 2. The average molecular weight is 516 g/mol. The van der Waals surface area contributed by atoms with Gasteiger partial charge in [-0.25, -0.2) is 19.9 Å². The van der Waals surface area contributed by atoms with Crippen LogP contribution >= 0.6 is 11.3 Å². The predicted octanol–water partition coefficient (Wildman–Crippen LogP) is 3.88. The van der Waals surface area contributed by atoms with Crippen LogP contribution in [0, 0.1) is 5.92 Å². The van der Waals surface area contributed by atoms with Gasteiger partial charge in [-0.2, -0.15) is 0 Å². The summed E-state index contributed by atoms with van der Waals surface area (Å²) in [5.74, 6) is 2.24. The number of rotatable bonds is 6. The summed E-state index contributed by atoms with van der Waals surface area (Å²) in [4.78, 5) is 43.0. The molecule has 1 atom stereocenters. The lowest BCUT2D eigenvalue weighted by molar-refractivity contribution is 0.312. The van der Waals surface area contributed by atoms with Crippen molar-refractivity contribution >= 4 is 44.2 Å². The molecule has 6 rings (SSSR count). The number of nitrogens with one attached hydrogen (secondary N) is 3. The number of hydrogen-bond acceptors (Lipinski definition) is 9. The van der Waals surface area contributed by atoms with E-state index in [1.165, 1.54) is 0 Å². The standard InChI is InChI=1S/C26H29N9OS/c1-15(2)20(25-27-8-4-9-28-25)32-21-19(26(36)30-16-7-14-37-22(16)21)24-29-17-5-6-18(31-23(17)33-24)35-12-10-34(3)11-13-35/h4-9,14-15,20H,10-13H2,1-3H3,(H,29,31,33)(H2,30,32,36)/t20-/m0/s1. The summed E-state index contributed by atoms with van der Waals surface area (Å²) in [6.45, 7) is 8.06. The molecule has 0 spiro atoms. The first-order valence-corrected chi connectivity index (χ1v) is 13.3. The van der Waals surface area contributed by atoms with Gasteiger partial charge in [0.25, 0.3) is 5.56 Å². The Morgan fingerprint density at radius 1 is 1.00 bits per heavy atom. The Bertz CT molecular complexity index is 1600. The maximum absolute atomic E-state index is 13.4. The summed E-state index contributed by atoms with van der Waals surface area (Å²) in [5.41, 5.74) is 3.12. The molecule has 0 unspecified atom stereocenters. The molecule has 1 aliphatic rings. The molecule has 5 aromatic heterocycles. The Morgan fingerprint density at radius 2 is 1.78 bits per heavy atom. The third-order valence-corrected chi connectivity index (χ3v) is 7.78. The number of pyridine rings is 2. The highest BCUT2D eigenvalue weighted by atomic mass is 32.1. The van der Waals surface area contributed by atoms with E-state index in [-0.39, 0.29) is 17.5 Å². The first kappa shape index (κ1) is 23.6. The van der Waals surface area contributed by atoms with Gasteiger partial charge in [-0.15, -0.1) is 11.3 Å². The summed E-state index contributed by atoms with van der Waals surface area (Å²) < 4.78 is 0.947. The molecule has 0 aliphatic carbocycles. The van der Waals surface area contributed by atoms with Crippen LogP contribution in [-0.2, 0) is 0 Å². The molecule has 0 aromatic carbocycles. The molecule has 10 nitrogen and oxygen atoms in total. The molecule has 6 heterocycles. The van der Waals surface area contributed by atoms with Crippen molar-refractivity contribution in [2.24, 2.45) is 5.92 Å². The summed E-state index contributed by atoms with van der Waals surface area (Å²) >= 11 is 1.57. The lowest BCUT2D eigenvalue weighted by Gasteiger charge is -2.33. The van der Waals surface area contributed by atoms with Crippen LogP contribution in [0.4, 0.5) is 11.5 Å². The van der Waals surface area contributed by atoms with Crippen molar-refractivity contribution in [1.82, 2.24) is 34.8 Å². The maximum Gasteiger partial charge on any atom is 0.261 e. The van der Waals surface area contributed by atoms with E-state index < -0.39 is 0 Å². The molecule has 0 amide bonds. The third-order valence-electron chi connectivity index (χ3n) is 6.84. The number of H-pyrrole nitrogens is 2. The van der Waals surface area contributed by atoms with Crippen LogP contribution in [0.3, 0.4) is 0 Å². The fourth-order valence-corrected chi connectivity index (χ4v) is 5.61. The molecule has 1 fully saturated rings. The van der Waals surface area contributed by atoms with Crippen molar-refractivity contribution in [1.29, 1.82) is 0 Å². The van der Waals surface area contributed by atoms with E-state index in [2.05, 4.69) is 55.9 Å². The second-order valence-corrected chi connectivity index (χ2v) is 10.7. The second-order valence-electron chi connectivity index (χ2n) is 9.76. The van der Waals surface area contributed by atoms with E-state index in [9.17, 15) is 4.79 Å². The normalized spacial score (nSPS) is 15.6. The van der Waals surface area contributed by atoms with Gasteiger partial charge in [0, 0.05) is 38.6 Å². The molecule has 0 saturated carbocycles. The highest BCUT2D eigenvalue weighted by molar-refractivity contribution is 7.17. The first-order valence-electron chi connectivity index (χ1n) is 12.5. The number of imidazole rings is 1. The minimum absolute atomic E-state index is 0.174. The highest BCUT2D eigenvalue weighted by Gasteiger charge is 2.25. The van der Waals surface area contributed by atoms with Crippen LogP contribution in [0.1, 0.15) is 25.7 Å². The van der Waals surface area contributed by atoms with Crippen LogP contribution in [0.15, 0.2) is 46.8 Å². The largest absolute Gasteiger partial charge is 0.373 e. The number of likely N-dealkylation sites (N-methyl/N-ethyl adjacent to an activating group) is 1. The van der Waals surface area contributed by atoms with Crippen molar-refractivity contribution in [3.05, 3.63) is 58.2 Å². The van der Waals surface area contributed by atoms with Gasteiger partial charge >= 0.3 is 0 Å². The number of thiophene rings is 1. The first-order chi connectivity index (χ1) is 18.0. The maximum atomic E-state index is 13.4. The minimum Gasteiger partial charge on any atom is -0.373 e. The van der Waals surface area contributed by atoms with Gasteiger partial charge < -0.3 is 25.1 Å². The Hall–Kier alpha value is -3.83. The number of hydrogen-bond donors (Lipinski definition) is 3. The number of fused-ring (bicyclic) bond motifs is 2. The fourth-order valence-electron chi connectivity index (χ4n) is 4.75. The Labute approximate surface area is 217 Å². The molecular weight excluding hydrogens is 486 g/mol. The highest BCUT2D eigenvalue weighted by Crippen LogP contribution is 2.37. The van der Waals surface area contributed by atoms with E-state index >= 15 is 0 Å². The third kappa shape index (κ3) is 4.44. The van der Waals surface area contributed by atoms with Crippen molar-refractivity contribution in [3.8, 4) is 11.4 Å². The average Bonchev–Trinajstić information content (AvgIpc) is 3.54. The summed E-state index contributed by atoms with van der Waals surface area (Å²) in [5, 5.41) is 5.59. The molecule has 11 heteroatoms. The SMILES string of the molecule is CC(C)[C@H](Nc1c(-c2nc3nc(N4CCN(C)CC4)ccc3[nH]2)c(=O)[nH]c2ccsc12)c1ncccn1. The number of anilines is 2. The molecule has 3 N–H and O–H groups in total. The Kier molecular flexibility index (Phi) is 6.09. The molecule has 37 heavy (non-hydrogen) atoms. The van der Waals surface area contributed by atoms with Gasteiger partial charge in [-0.05, 0) is 42.6 Å². The zero-order chi connectivity index (χ0) is 25.5. The van der Waals surface area contributed by atoms with Crippen LogP contribution in [-0.4, -0.2) is 68.0 Å². The molecule has 190 valence electrons. The van der Waals surface area contributed by atoms with Crippen LogP contribution < -0.4 is 15.8 Å². The lowest BCUT2D eigenvalue weighted by Crippen LogP contribution is -2.44. The molecule has 1 saturated heterocycles. The zero-order valence-corrected chi connectivity index (χ0v) is 21.8. The Balaban J connectivity index is 1.45. The quantitative estimate of drug-likeness (QED) is 0.312. The van der Waals surface area contributed by atoms with Crippen molar-refractivity contribution in [2.45, 2.75) is 19.9 Å². The summed E-state index contributed by atoms with van der Waals surface area (Å²) in [6, 6.07) is 7.53. The van der Waals surface area contributed by atoms with Crippen LogP contribution in [0.25, 0.3) is 32.8 Å². The van der Waals surface area contributed by atoms with Gasteiger partial charge in [0.1, 0.15) is 17.2 Å². The van der Waals surface area contributed by atoms with Crippen LogP contribution in [0.5, 0.6) is 0 Å². The molecule has 0 radical (unpaired) electrons. The van der Waals surface area contributed by atoms with Gasteiger partial charge in [0.05, 0.1) is 27.5 Å². The Morgan fingerprint density at radius 3 is 2.54 bits per heavy atom. The molecule has 5 aromatic rings. The monoisotopic (exact) mass is 515 g/mol. The molecule has 1 aliphatic heterocycles. The number of piperazine rings is 1. The summed E-state index contributed by atoms with van der Waals surface area (Å²) in [6.07, 6.45) is 3.48. The van der Waals surface area contributed by atoms with Gasteiger partial charge in [0.2, 0.25) is 0 Å². The van der Waals surface area contributed by atoms with E-state index in [1.54, 1.807) is 29.8 Å². The number of nitrogens with zero attached hydrogens (tertiary/aromatic N) is 6. The number of aromatic nitrogens is 6. The van der Waals surface area contributed by atoms with Gasteiger partial charge in [-0.1, -0.05) is 13.8 Å². The van der Waals surface area contributed by atoms with Crippen molar-refractivity contribution in [2.75, 3.05) is 43.4 Å².